The van der Waals surface area contributed by atoms with E-state index in [1.54, 1.807) is 0 Å². The predicted molar refractivity (Wildman–Crippen MR) is 65.6 cm³/mol. The molecule has 0 aliphatic carbocycles. The molecule has 1 heterocycles. The van der Waals surface area contributed by atoms with Gasteiger partial charge >= 0.3 is 18.0 Å². The molecule has 2 amide bonds. The van der Waals surface area contributed by atoms with Crippen LogP contribution < -0.4 is 10.6 Å². The maximum absolute atomic E-state index is 11.4. The molecule has 1 rings (SSSR count). The van der Waals surface area contributed by atoms with Crippen molar-refractivity contribution in [3.05, 3.63) is 9.98 Å². The van der Waals surface area contributed by atoms with Crippen LogP contribution >= 0.6 is 27.3 Å². The van der Waals surface area contributed by atoms with Crippen molar-refractivity contribution < 1.29 is 24.6 Å². The molecular weight excluding hydrogens is 330 g/mol. The largest absolute Gasteiger partial charge is 0.481 e. The van der Waals surface area contributed by atoms with Gasteiger partial charge in [-0.2, -0.15) is 0 Å². The van der Waals surface area contributed by atoms with Gasteiger partial charge in [0, 0.05) is 0 Å². The van der Waals surface area contributed by atoms with Crippen LogP contribution in [0.25, 0.3) is 0 Å². The third-order valence-electron chi connectivity index (χ3n) is 1.68. The molecule has 1 aromatic rings. The number of hydrogen-bond acceptors (Lipinski definition) is 5. The fourth-order valence-electron chi connectivity index (χ4n) is 0.978. The fraction of sp³-hybridized carbons (Fsp3) is 0.250. The van der Waals surface area contributed by atoms with Gasteiger partial charge in [-0.15, -0.1) is 0 Å². The number of nitrogens with zero attached hydrogens (tertiary/aromatic N) is 1. The zero-order chi connectivity index (χ0) is 13.7. The molecule has 98 valence electrons. The lowest BCUT2D eigenvalue weighted by Gasteiger charge is -2.11. The third kappa shape index (κ3) is 4.67. The Kier molecular flexibility index (Phi) is 5.04. The molecule has 0 saturated heterocycles. The van der Waals surface area contributed by atoms with E-state index in [4.69, 9.17) is 10.2 Å². The summed E-state index contributed by atoms with van der Waals surface area (Å²) in [7, 11) is 0. The summed E-state index contributed by atoms with van der Waals surface area (Å²) in [6.45, 7) is 0. The van der Waals surface area contributed by atoms with Crippen molar-refractivity contribution in [2.24, 2.45) is 0 Å². The highest BCUT2D eigenvalue weighted by Crippen LogP contribution is 2.22. The molecule has 0 radical (unpaired) electrons. The highest BCUT2D eigenvalue weighted by molar-refractivity contribution is 9.11. The minimum atomic E-state index is -1.49. The first kappa shape index (κ1) is 14.4. The number of carboxylic acids is 2. The topological polar surface area (TPSA) is 129 Å². The monoisotopic (exact) mass is 337 g/mol. The first-order valence-electron chi connectivity index (χ1n) is 4.52. The lowest BCUT2D eigenvalue weighted by Crippen LogP contribution is -2.44. The average Bonchev–Trinajstić information content (AvgIpc) is 2.62. The minimum absolute atomic E-state index is 0.263. The Morgan fingerprint density at radius 3 is 2.56 bits per heavy atom. The molecule has 8 nitrogen and oxygen atoms in total. The predicted octanol–water partition coefficient (Wildman–Crippen LogP) is 0.955. The van der Waals surface area contributed by atoms with Gasteiger partial charge in [0.1, 0.15) is 6.04 Å². The first-order chi connectivity index (χ1) is 8.38. The quantitative estimate of drug-likeness (QED) is 0.633. The van der Waals surface area contributed by atoms with Gasteiger partial charge in [0.25, 0.3) is 0 Å². The number of rotatable bonds is 5. The maximum atomic E-state index is 11.4. The molecule has 0 fully saturated rings. The van der Waals surface area contributed by atoms with E-state index in [0.29, 0.717) is 3.79 Å². The SMILES string of the molecule is O=C(O)C[C@@H](NC(=O)Nc1ncc(Br)s1)C(=O)O. The molecule has 10 heteroatoms. The Morgan fingerprint density at radius 1 is 1.44 bits per heavy atom. The number of carbonyl (C=O) groups is 3. The van der Waals surface area contributed by atoms with E-state index >= 15 is 0 Å². The van der Waals surface area contributed by atoms with Gasteiger partial charge in [-0.05, 0) is 15.9 Å². The van der Waals surface area contributed by atoms with Gasteiger partial charge in [-0.3, -0.25) is 10.1 Å². The van der Waals surface area contributed by atoms with Crippen LogP contribution in [0.5, 0.6) is 0 Å². The number of anilines is 1. The van der Waals surface area contributed by atoms with Gasteiger partial charge in [-0.25, -0.2) is 14.6 Å². The molecule has 4 N–H and O–H groups in total. The average molecular weight is 338 g/mol. The Morgan fingerprint density at radius 2 is 2.11 bits per heavy atom. The molecule has 0 saturated carbocycles. The number of nitrogens with one attached hydrogen (secondary N) is 2. The molecule has 0 bridgehead atoms. The van der Waals surface area contributed by atoms with Gasteiger partial charge in [0.2, 0.25) is 0 Å². The Labute approximate surface area is 113 Å². The zero-order valence-electron chi connectivity index (χ0n) is 8.71. The summed E-state index contributed by atoms with van der Waals surface area (Å²) in [5.74, 6) is -2.74. The standard InChI is InChI=1S/C8H8BrN3O5S/c9-4-2-10-8(18-4)12-7(17)11-3(6(15)16)1-5(13)14/h2-3H,1H2,(H,13,14)(H,15,16)(H2,10,11,12,17)/t3-/m1/s1. The Hall–Kier alpha value is -1.68. The Bertz CT molecular complexity index is 477. The summed E-state index contributed by atoms with van der Waals surface area (Å²) < 4.78 is 0.693. The van der Waals surface area contributed by atoms with Gasteiger partial charge in [-0.1, -0.05) is 11.3 Å². The fourth-order valence-corrected chi connectivity index (χ4v) is 2.08. The van der Waals surface area contributed by atoms with Gasteiger partial charge < -0.3 is 15.5 Å². The van der Waals surface area contributed by atoms with Crippen molar-refractivity contribution in [2.75, 3.05) is 5.32 Å². The molecule has 1 aromatic heterocycles. The normalized spacial score (nSPS) is 11.6. The zero-order valence-corrected chi connectivity index (χ0v) is 11.1. The van der Waals surface area contributed by atoms with Crippen molar-refractivity contribution in [1.82, 2.24) is 10.3 Å². The number of urea groups is 1. The van der Waals surface area contributed by atoms with Crippen LogP contribution in [-0.2, 0) is 9.59 Å². The second kappa shape index (κ2) is 6.31. The molecule has 0 spiro atoms. The molecule has 0 aromatic carbocycles. The van der Waals surface area contributed by atoms with Crippen molar-refractivity contribution in [2.45, 2.75) is 12.5 Å². The molecule has 1 atom stereocenters. The van der Waals surface area contributed by atoms with Crippen LogP contribution in [0.3, 0.4) is 0 Å². The van der Waals surface area contributed by atoms with Crippen LogP contribution in [0.1, 0.15) is 6.42 Å². The first-order valence-corrected chi connectivity index (χ1v) is 6.13. The van der Waals surface area contributed by atoms with Gasteiger partial charge in [0.15, 0.2) is 5.13 Å². The second-order valence-corrected chi connectivity index (χ2v) is 5.47. The van der Waals surface area contributed by atoms with Crippen molar-refractivity contribution >= 4 is 50.4 Å². The summed E-state index contributed by atoms with van der Waals surface area (Å²) >= 11 is 4.28. The lowest BCUT2D eigenvalue weighted by atomic mass is 10.2. The van der Waals surface area contributed by atoms with Crippen LogP contribution in [0.4, 0.5) is 9.93 Å². The van der Waals surface area contributed by atoms with E-state index in [1.807, 2.05) is 5.32 Å². The van der Waals surface area contributed by atoms with Crippen molar-refractivity contribution in [3.63, 3.8) is 0 Å². The van der Waals surface area contributed by atoms with Gasteiger partial charge in [0.05, 0.1) is 16.4 Å². The lowest BCUT2D eigenvalue weighted by molar-refractivity contribution is -0.145. The Balaban J connectivity index is 2.56. The number of carbonyl (C=O) groups excluding carboxylic acids is 1. The summed E-state index contributed by atoms with van der Waals surface area (Å²) in [5.41, 5.74) is 0. The number of aromatic nitrogens is 1. The number of amides is 2. The second-order valence-electron chi connectivity index (χ2n) is 3.06. The van der Waals surface area contributed by atoms with Crippen LogP contribution in [-0.4, -0.2) is 39.2 Å². The number of carboxylic acid groups (broad SMARTS) is 2. The number of hydrogen-bond donors (Lipinski definition) is 4. The summed E-state index contributed by atoms with van der Waals surface area (Å²) in [6, 6.07) is -2.32. The summed E-state index contributed by atoms with van der Waals surface area (Å²) in [6.07, 6.45) is 0.760. The highest BCUT2D eigenvalue weighted by atomic mass is 79.9. The van der Waals surface area contributed by atoms with E-state index in [2.05, 4.69) is 26.2 Å². The molecule has 0 aliphatic heterocycles. The van der Waals surface area contributed by atoms with E-state index in [-0.39, 0.29) is 5.13 Å². The van der Waals surface area contributed by atoms with Crippen LogP contribution in [0.2, 0.25) is 0 Å². The van der Waals surface area contributed by atoms with E-state index in [9.17, 15) is 14.4 Å². The molecular formula is C8H8BrN3O5S. The smallest absolute Gasteiger partial charge is 0.326 e. The van der Waals surface area contributed by atoms with E-state index in [0.717, 1.165) is 11.3 Å². The number of aliphatic carboxylic acids is 2. The third-order valence-corrected chi connectivity index (χ3v) is 3.07. The van der Waals surface area contributed by atoms with E-state index < -0.39 is 30.4 Å². The van der Waals surface area contributed by atoms with Crippen LogP contribution in [0, 0.1) is 0 Å². The summed E-state index contributed by atoms with van der Waals surface area (Å²) in [4.78, 5) is 36.3. The maximum Gasteiger partial charge on any atom is 0.326 e. The molecule has 18 heavy (non-hydrogen) atoms. The minimum Gasteiger partial charge on any atom is -0.481 e. The summed E-state index contributed by atoms with van der Waals surface area (Å²) in [5, 5.41) is 21.8. The molecule has 0 aliphatic rings. The van der Waals surface area contributed by atoms with Crippen LogP contribution in [0.15, 0.2) is 9.98 Å². The number of thiazole rings is 1. The van der Waals surface area contributed by atoms with E-state index in [1.165, 1.54) is 6.20 Å². The highest BCUT2D eigenvalue weighted by Gasteiger charge is 2.23. The number of halogens is 1. The van der Waals surface area contributed by atoms with Crippen molar-refractivity contribution in [1.29, 1.82) is 0 Å². The van der Waals surface area contributed by atoms with Crippen molar-refractivity contribution in [3.8, 4) is 0 Å². The molecule has 0 unspecified atom stereocenters.